The summed E-state index contributed by atoms with van der Waals surface area (Å²) in [5.41, 5.74) is 0. The molecule has 0 aromatic heterocycles. The lowest BCUT2D eigenvalue weighted by Gasteiger charge is -2.38. The van der Waals surface area contributed by atoms with E-state index < -0.39 is 16.1 Å². The minimum absolute atomic E-state index is 0.0586. The SMILES string of the molecule is CS(=O)(=O)N1CCCC1C(=O)N1CCCCC1CCO. The molecule has 2 aliphatic heterocycles. The molecule has 2 saturated heterocycles. The Morgan fingerprint density at radius 1 is 1.20 bits per heavy atom. The normalized spacial score (nSPS) is 28.8. The monoisotopic (exact) mass is 304 g/mol. The molecule has 2 atom stereocenters. The molecule has 2 fully saturated rings. The maximum absolute atomic E-state index is 12.7. The van der Waals surface area contributed by atoms with E-state index in [0.29, 0.717) is 25.9 Å². The molecular formula is C13H24N2O4S. The number of sulfonamides is 1. The van der Waals surface area contributed by atoms with Gasteiger partial charge in [-0.2, -0.15) is 4.31 Å². The predicted octanol–water partition coefficient (Wildman–Crippen LogP) is 0.174. The molecular weight excluding hydrogens is 280 g/mol. The van der Waals surface area contributed by atoms with Gasteiger partial charge in [0.05, 0.1) is 6.26 Å². The first-order valence-electron chi connectivity index (χ1n) is 7.33. The standard InChI is InChI=1S/C13H24N2O4S/c1-20(18,19)15-9-4-6-12(15)13(17)14-8-3-2-5-11(14)7-10-16/h11-12,16H,2-10H2,1H3. The van der Waals surface area contributed by atoms with Crippen LogP contribution in [0.4, 0.5) is 0 Å². The first kappa shape index (κ1) is 15.7. The summed E-state index contributed by atoms with van der Waals surface area (Å²) in [4.78, 5) is 14.5. The van der Waals surface area contributed by atoms with Crippen molar-refractivity contribution in [2.24, 2.45) is 0 Å². The van der Waals surface area contributed by atoms with E-state index in [1.165, 1.54) is 10.6 Å². The largest absolute Gasteiger partial charge is 0.396 e. The van der Waals surface area contributed by atoms with Gasteiger partial charge >= 0.3 is 0 Å². The van der Waals surface area contributed by atoms with Gasteiger partial charge in [0.1, 0.15) is 6.04 Å². The number of aliphatic hydroxyl groups excluding tert-OH is 1. The number of piperidine rings is 1. The summed E-state index contributed by atoms with van der Waals surface area (Å²) in [6.07, 6.45) is 6.01. The summed E-state index contributed by atoms with van der Waals surface area (Å²) in [6.45, 7) is 1.18. The Bertz CT molecular complexity index is 449. The highest BCUT2D eigenvalue weighted by Crippen LogP contribution is 2.26. The molecule has 2 unspecified atom stereocenters. The van der Waals surface area contributed by atoms with Gasteiger partial charge in [-0.25, -0.2) is 8.42 Å². The minimum atomic E-state index is -3.33. The van der Waals surface area contributed by atoms with Crippen molar-refractivity contribution < 1.29 is 18.3 Å². The predicted molar refractivity (Wildman–Crippen MR) is 75.6 cm³/mol. The van der Waals surface area contributed by atoms with E-state index >= 15 is 0 Å². The lowest BCUT2D eigenvalue weighted by Crippen LogP contribution is -2.52. The minimum Gasteiger partial charge on any atom is -0.396 e. The Morgan fingerprint density at radius 3 is 2.60 bits per heavy atom. The highest BCUT2D eigenvalue weighted by Gasteiger charge is 2.40. The van der Waals surface area contributed by atoms with Crippen LogP contribution in [0, 0.1) is 0 Å². The third-order valence-corrected chi connectivity index (χ3v) is 5.58. The molecule has 0 aromatic rings. The second kappa shape index (κ2) is 6.41. The third kappa shape index (κ3) is 3.32. The van der Waals surface area contributed by atoms with Gasteiger partial charge in [-0.3, -0.25) is 4.79 Å². The van der Waals surface area contributed by atoms with Crippen LogP contribution in [0.15, 0.2) is 0 Å². The van der Waals surface area contributed by atoms with Crippen molar-refractivity contribution in [2.45, 2.75) is 50.6 Å². The maximum Gasteiger partial charge on any atom is 0.241 e. The number of amides is 1. The Balaban J connectivity index is 2.12. The number of hydrogen-bond acceptors (Lipinski definition) is 4. The Morgan fingerprint density at radius 2 is 1.95 bits per heavy atom. The van der Waals surface area contributed by atoms with Gasteiger partial charge in [0, 0.05) is 25.7 Å². The summed E-state index contributed by atoms with van der Waals surface area (Å²) in [6, 6.07) is -0.479. The highest BCUT2D eigenvalue weighted by atomic mass is 32.2. The van der Waals surface area contributed by atoms with Gasteiger partial charge in [-0.1, -0.05) is 0 Å². The van der Waals surface area contributed by atoms with Crippen LogP contribution in [0.5, 0.6) is 0 Å². The summed E-state index contributed by atoms with van der Waals surface area (Å²) < 4.78 is 24.8. The van der Waals surface area contributed by atoms with Crippen LogP contribution in [-0.2, 0) is 14.8 Å². The van der Waals surface area contributed by atoms with Crippen molar-refractivity contribution in [3.05, 3.63) is 0 Å². The van der Waals surface area contributed by atoms with Crippen molar-refractivity contribution in [2.75, 3.05) is 26.0 Å². The average molecular weight is 304 g/mol. The molecule has 1 N–H and O–H groups in total. The molecule has 2 rings (SSSR count). The molecule has 1 amide bonds. The molecule has 0 aliphatic carbocycles. The van der Waals surface area contributed by atoms with Crippen LogP contribution < -0.4 is 0 Å². The highest BCUT2D eigenvalue weighted by molar-refractivity contribution is 7.88. The molecule has 2 heterocycles. The van der Waals surface area contributed by atoms with Crippen LogP contribution in [0.25, 0.3) is 0 Å². The zero-order chi connectivity index (χ0) is 14.8. The van der Waals surface area contributed by atoms with Gasteiger partial charge in [-0.05, 0) is 38.5 Å². The molecule has 116 valence electrons. The first-order valence-corrected chi connectivity index (χ1v) is 9.18. The molecule has 0 saturated carbocycles. The zero-order valence-corrected chi connectivity index (χ0v) is 12.8. The first-order chi connectivity index (χ1) is 9.45. The molecule has 0 spiro atoms. The molecule has 0 bridgehead atoms. The van der Waals surface area contributed by atoms with E-state index in [2.05, 4.69) is 0 Å². The fourth-order valence-corrected chi connectivity index (χ4v) is 4.43. The third-order valence-electron chi connectivity index (χ3n) is 4.29. The zero-order valence-electron chi connectivity index (χ0n) is 12.0. The molecule has 7 heteroatoms. The van der Waals surface area contributed by atoms with E-state index in [1.807, 2.05) is 0 Å². The average Bonchev–Trinajstić information content (AvgIpc) is 2.88. The Kier molecular flexibility index (Phi) is 5.04. The van der Waals surface area contributed by atoms with Crippen LogP contribution in [-0.4, -0.2) is 66.7 Å². The van der Waals surface area contributed by atoms with E-state index in [4.69, 9.17) is 5.11 Å². The smallest absolute Gasteiger partial charge is 0.241 e. The van der Waals surface area contributed by atoms with Crippen LogP contribution >= 0.6 is 0 Å². The number of carbonyl (C=O) groups is 1. The topological polar surface area (TPSA) is 77.9 Å². The van der Waals surface area contributed by atoms with Gasteiger partial charge in [0.2, 0.25) is 15.9 Å². The number of aliphatic hydroxyl groups is 1. The van der Waals surface area contributed by atoms with Crippen molar-refractivity contribution in [3.63, 3.8) is 0 Å². The van der Waals surface area contributed by atoms with E-state index in [-0.39, 0.29) is 18.6 Å². The number of hydrogen-bond donors (Lipinski definition) is 1. The van der Waals surface area contributed by atoms with Crippen LogP contribution in [0.2, 0.25) is 0 Å². The van der Waals surface area contributed by atoms with Crippen molar-refractivity contribution in [1.29, 1.82) is 0 Å². The number of rotatable bonds is 4. The van der Waals surface area contributed by atoms with Crippen molar-refractivity contribution >= 4 is 15.9 Å². The second-order valence-electron chi connectivity index (χ2n) is 5.73. The van der Waals surface area contributed by atoms with Crippen molar-refractivity contribution in [3.8, 4) is 0 Å². The molecule has 0 aromatic carbocycles. The summed E-state index contributed by atoms with van der Waals surface area (Å²) in [5.74, 6) is -0.0777. The second-order valence-corrected chi connectivity index (χ2v) is 7.66. The van der Waals surface area contributed by atoms with Crippen molar-refractivity contribution in [1.82, 2.24) is 9.21 Å². The number of nitrogens with zero attached hydrogens (tertiary/aromatic N) is 2. The fourth-order valence-electron chi connectivity index (χ4n) is 3.32. The molecule has 6 nitrogen and oxygen atoms in total. The fraction of sp³-hybridized carbons (Fsp3) is 0.923. The number of carbonyl (C=O) groups excluding carboxylic acids is 1. The van der Waals surface area contributed by atoms with Gasteiger partial charge in [-0.15, -0.1) is 0 Å². The lowest BCUT2D eigenvalue weighted by molar-refractivity contribution is -0.138. The number of likely N-dealkylation sites (tertiary alicyclic amines) is 1. The molecule has 20 heavy (non-hydrogen) atoms. The Labute approximate surface area is 120 Å². The van der Waals surface area contributed by atoms with E-state index in [0.717, 1.165) is 25.7 Å². The molecule has 2 aliphatic rings. The van der Waals surface area contributed by atoms with E-state index in [9.17, 15) is 13.2 Å². The van der Waals surface area contributed by atoms with Gasteiger partial charge in [0.25, 0.3) is 0 Å². The molecule has 0 radical (unpaired) electrons. The van der Waals surface area contributed by atoms with E-state index in [1.54, 1.807) is 4.90 Å². The van der Waals surface area contributed by atoms with Gasteiger partial charge in [0.15, 0.2) is 0 Å². The summed E-state index contributed by atoms with van der Waals surface area (Å²) >= 11 is 0. The summed E-state index contributed by atoms with van der Waals surface area (Å²) in [7, 11) is -3.33. The van der Waals surface area contributed by atoms with Gasteiger partial charge < -0.3 is 10.0 Å². The maximum atomic E-state index is 12.7. The lowest BCUT2D eigenvalue weighted by atomic mass is 9.98. The quantitative estimate of drug-likeness (QED) is 0.803. The Hall–Kier alpha value is -0.660. The van der Waals surface area contributed by atoms with Crippen LogP contribution in [0.1, 0.15) is 38.5 Å². The summed E-state index contributed by atoms with van der Waals surface area (Å²) in [5, 5.41) is 9.12. The van der Waals surface area contributed by atoms with Crippen LogP contribution in [0.3, 0.4) is 0 Å².